The third kappa shape index (κ3) is 3.71. The molecule has 9 heteroatoms. The number of carbonyl (C=O) groups excluding carboxylic acids is 2. The molecular weight excluding hydrogens is 378 g/mol. The first-order valence-electron chi connectivity index (χ1n) is 9.07. The van der Waals surface area contributed by atoms with Crippen molar-refractivity contribution in [2.45, 2.75) is 0 Å². The molecule has 1 saturated heterocycles. The number of rotatable bonds is 6. The number of nitrogens with one attached hydrogen (secondary N) is 1. The molecule has 1 fully saturated rings. The van der Waals surface area contributed by atoms with Gasteiger partial charge in [-0.25, -0.2) is 4.79 Å². The van der Waals surface area contributed by atoms with E-state index in [4.69, 9.17) is 18.9 Å². The predicted molar refractivity (Wildman–Crippen MR) is 105 cm³/mol. The van der Waals surface area contributed by atoms with Crippen LogP contribution in [0.5, 0.6) is 23.0 Å². The van der Waals surface area contributed by atoms with Gasteiger partial charge in [-0.05, 0) is 24.3 Å². The van der Waals surface area contributed by atoms with Crippen molar-refractivity contribution < 1.29 is 28.5 Å². The summed E-state index contributed by atoms with van der Waals surface area (Å²) < 4.78 is 21.1. The fourth-order valence-electron chi connectivity index (χ4n) is 3.31. The molecule has 0 radical (unpaired) electrons. The quantitative estimate of drug-likeness (QED) is 0.802. The molecule has 2 aliphatic rings. The number of hydrogen-bond acceptors (Lipinski definition) is 6. The third-order valence-corrected chi connectivity index (χ3v) is 4.76. The van der Waals surface area contributed by atoms with Crippen molar-refractivity contribution in [3.8, 4) is 23.0 Å². The summed E-state index contributed by atoms with van der Waals surface area (Å²) in [5.74, 6) is 2.06. The van der Waals surface area contributed by atoms with Crippen LogP contribution in [0.2, 0.25) is 0 Å². The zero-order chi connectivity index (χ0) is 20.4. The Hall–Kier alpha value is -3.62. The molecule has 0 atom stereocenters. The number of nitrogens with zero attached hydrogens (tertiary/aromatic N) is 2. The number of amides is 3. The molecule has 1 N–H and O–H groups in total. The molecule has 0 saturated carbocycles. The predicted octanol–water partition coefficient (Wildman–Crippen LogP) is 2.31. The first kappa shape index (κ1) is 18.7. The first-order chi connectivity index (χ1) is 14.1. The molecule has 4 rings (SSSR count). The molecule has 0 spiro atoms. The number of fused-ring (bicyclic) bond motifs is 1. The van der Waals surface area contributed by atoms with Crippen LogP contribution in [0.1, 0.15) is 0 Å². The Kier molecular flexibility index (Phi) is 5.03. The van der Waals surface area contributed by atoms with Crippen molar-refractivity contribution in [3.63, 3.8) is 0 Å². The van der Waals surface area contributed by atoms with Gasteiger partial charge >= 0.3 is 6.03 Å². The highest BCUT2D eigenvalue weighted by molar-refractivity contribution is 5.99. The molecule has 0 bridgehead atoms. The van der Waals surface area contributed by atoms with Gasteiger partial charge in [-0.15, -0.1) is 0 Å². The molecule has 2 aromatic carbocycles. The minimum absolute atomic E-state index is 0.0474. The van der Waals surface area contributed by atoms with Gasteiger partial charge in [-0.3, -0.25) is 9.69 Å². The maximum atomic E-state index is 12.7. The van der Waals surface area contributed by atoms with Gasteiger partial charge in [0.05, 0.1) is 14.2 Å². The first-order valence-corrected chi connectivity index (χ1v) is 9.07. The molecule has 2 aromatic rings. The van der Waals surface area contributed by atoms with E-state index in [1.54, 1.807) is 48.4 Å². The Morgan fingerprint density at radius 3 is 2.62 bits per heavy atom. The van der Waals surface area contributed by atoms with Crippen LogP contribution in [0.3, 0.4) is 0 Å². The number of hydrogen-bond donors (Lipinski definition) is 1. The number of urea groups is 1. The number of carbonyl (C=O) groups is 2. The molecule has 0 unspecified atom stereocenters. The van der Waals surface area contributed by atoms with Gasteiger partial charge in [-0.2, -0.15) is 0 Å². The van der Waals surface area contributed by atoms with Gasteiger partial charge in [0.2, 0.25) is 12.7 Å². The lowest BCUT2D eigenvalue weighted by atomic mass is 10.2. The van der Waals surface area contributed by atoms with Crippen molar-refractivity contribution in [2.24, 2.45) is 0 Å². The summed E-state index contributed by atoms with van der Waals surface area (Å²) in [5, 5.41) is 2.78. The number of anilines is 2. The minimum Gasteiger partial charge on any atom is -0.493 e. The summed E-state index contributed by atoms with van der Waals surface area (Å²) in [4.78, 5) is 28.3. The van der Waals surface area contributed by atoms with E-state index in [9.17, 15) is 9.59 Å². The highest BCUT2D eigenvalue weighted by atomic mass is 16.7. The monoisotopic (exact) mass is 399 g/mol. The second-order valence-corrected chi connectivity index (χ2v) is 6.51. The van der Waals surface area contributed by atoms with Crippen molar-refractivity contribution in [3.05, 3.63) is 36.4 Å². The summed E-state index contributed by atoms with van der Waals surface area (Å²) in [6.07, 6.45) is 0. The topological polar surface area (TPSA) is 89.6 Å². The zero-order valence-electron chi connectivity index (χ0n) is 16.1. The maximum absolute atomic E-state index is 12.7. The van der Waals surface area contributed by atoms with Crippen LogP contribution in [-0.4, -0.2) is 57.5 Å². The summed E-state index contributed by atoms with van der Waals surface area (Å²) in [6, 6.07) is 10.2. The van der Waals surface area contributed by atoms with Gasteiger partial charge in [-0.1, -0.05) is 0 Å². The van der Waals surface area contributed by atoms with E-state index in [2.05, 4.69) is 5.32 Å². The van der Waals surface area contributed by atoms with Gasteiger partial charge in [0.25, 0.3) is 0 Å². The Labute approximate surface area is 167 Å². The van der Waals surface area contributed by atoms with Crippen LogP contribution in [0.4, 0.5) is 16.2 Å². The van der Waals surface area contributed by atoms with Crippen LogP contribution in [0.15, 0.2) is 36.4 Å². The van der Waals surface area contributed by atoms with E-state index in [0.29, 0.717) is 47.5 Å². The van der Waals surface area contributed by atoms with E-state index in [-0.39, 0.29) is 25.3 Å². The van der Waals surface area contributed by atoms with Gasteiger partial charge < -0.3 is 29.2 Å². The number of benzene rings is 2. The third-order valence-electron chi connectivity index (χ3n) is 4.76. The average Bonchev–Trinajstić information content (AvgIpc) is 3.34. The lowest BCUT2D eigenvalue weighted by Crippen LogP contribution is -2.37. The molecule has 152 valence electrons. The van der Waals surface area contributed by atoms with E-state index in [1.807, 2.05) is 0 Å². The van der Waals surface area contributed by atoms with Crippen LogP contribution in [0.25, 0.3) is 0 Å². The minimum atomic E-state index is -0.293. The van der Waals surface area contributed by atoms with Crippen LogP contribution < -0.4 is 29.2 Å². The second kappa shape index (κ2) is 7.78. The normalized spacial score (nSPS) is 14.9. The largest absolute Gasteiger partial charge is 0.493 e. The van der Waals surface area contributed by atoms with E-state index in [1.165, 1.54) is 12.0 Å². The van der Waals surface area contributed by atoms with Crippen LogP contribution in [0, 0.1) is 0 Å². The molecule has 0 aromatic heterocycles. The Morgan fingerprint density at radius 1 is 1.03 bits per heavy atom. The Bertz CT molecular complexity index is 948. The fraction of sp³-hybridized carbons (Fsp3) is 0.300. The van der Waals surface area contributed by atoms with E-state index >= 15 is 0 Å². The van der Waals surface area contributed by atoms with Crippen molar-refractivity contribution in [1.82, 2.24) is 4.90 Å². The highest BCUT2D eigenvalue weighted by Gasteiger charge is 2.31. The molecule has 9 nitrogen and oxygen atoms in total. The summed E-state index contributed by atoms with van der Waals surface area (Å²) in [5.41, 5.74) is 1.27. The second-order valence-electron chi connectivity index (χ2n) is 6.51. The van der Waals surface area contributed by atoms with Gasteiger partial charge in [0.1, 0.15) is 6.54 Å². The van der Waals surface area contributed by atoms with E-state index < -0.39 is 0 Å². The smallest absolute Gasteiger partial charge is 0.325 e. The van der Waals surface area contributed by atoms with Crippen LogP contribution in [-0.2, 0) is 4.79 Å². The van der Waals surface area contributed by atoms with Crippen LogP contribution >= 0.6 is 0 Å². The van der Waals surface area contributed by atoms with E-state index in [0.717, 1.165) is 0 Å². The van der Waals surface area contributed by atoms with Gasteiger partial charge in [0.15, 0.2) is 23.0 Å². The lowest BCUT2D eigenvalue weighted by Gasteiger charge is -2.19. The Morgan fingerprint density at radius 2 is 1.83 bits per heavy atom. The molecular formula is C20H21N3O6. The van der Waals surface area contributed by atoms with Crippen molar-refractivity contribution >= 4 is 23.3 Å². The van der Waals surface area contributed by atoms with Gasteiger partial charge in [0, 0.05) is 36.6 Å². The zero-order valence-corrected chi connectivity index (χ0v) is 16.1. The molecule has 2 aliphatic heterocycles. The number of methoxy groups -OCH3 is 2. The molecule has 29 heavy (non-hydrogen) atoms. The number of ether oxygens (including phenoxy) is 4. The van der Waals surface area contributed by atoms with Crippen molar-refractivity contribution in [2.75, 3.05) is 50.9 Å². The molecule has 3 amide bonds. The highest BCUT2D eigenvalue weighted by Crippen LogP contribution is 2.36. The van der Waals surface area contributed by atoms with Crippen molar-refractivity contribution in [1.29, 1.82) is 0 Å². The standard InChI is InChI=1S/C20H21N3O6/c1-26-15-5-3-13(9-17(15)27-2)21-19(24)11-22-7-8-23(20(22)25)14-4-6-16-18(10-14)29-12-28-16/h3-6,9-10H,7-8,11-12H2,1-2H3,(H,21,24). The SMILES string of the molecule is COc1ccc(NC(=O)CN2CCN(c3ccc4c(c3)OCO4)C2=O)cc1OC. The average molecular weight is 399 g/mol. The summed E-state index contributed by atoms with van der Waals surface area (Å²) in [7, 11) is 3.07. The fourth-order valence-corrected chi connectivity index (χ4v) is 3.31. The lowest BCUT2D eigenvalue weighted by molar-refractivity contribution is -0.116. The summed E-state index contributed by atoms with van der Waals surface area (Å²) >= 11 is 0. The maximum Gasteiger partial charge on any atom is 0.325 e. The molecule has 2 heterocycles. The summed E-state index contributed by atoms with van der Waals surface area (Å²) in [6.45, 7) is 1.07. The Balaban J connectivity index is 1.39. The molecule has 0 aliphatic carbocycles.